The van der Waals surface area contributed by atoms with Gasteiger partial charge in [0.2, 0.25) is 11.5 Å². The fourth-order valence-electron chi connectivity index (χ4n) is 2.81. The summed E-state index contributed by atoms with van der Waals surface area (Å²) >= 11 is 0. The Morgan fingerprint density at radius 3 is 2.33 bits per heavy atom. The molecule has 0 amide bonds. The Morgan fingerprint density at radius 2 is 1.70 bits per heavy atom. The molecule has 0 aliphatic carbocycles. The zero-order valence-electron chi connectivity index (χ0n) is 15.3. The van der Waals surface area contributed by atoms with Gasteiger partial charge in [-0.1, -0.05) is 0 Å². The van der Waals surface area contributed by atoms with Crippen LogP contribution in [0, 0.1) is 0 Å². The number of ether oxygens (including phenoxy) is 5. The second-order valence-electron chi connectivity index (χ2n) is 5.57. The summed E-state index contributed by atoms with van der Waals surface area (Å²) < 4.78 is 26.4. The highest BCUT2D eigenvalue weighted by atomic mass is 16.5. The maximum atomic E-state index is 12.7. The molecule has 0 bridgehead atoms. The third kappa shape index (κ3) is 3.19. The highest BCUT2D eigenvalue weighted by Gasteiger charge is 2.29. The van der Waals surface area contributed by atoms with Crippen LogP contribution in [-0.4, -0.2) is 40.2 Å². The number of hydrogen-bond acceptors (Lipinski definition) is 7. The van der Waals surface area contributed by atoms with Crippen molar-refractivity contribution in [3.05, 3.63) is 52.8 Å². The van der Waals surface area contributed by atoms with Crippen molar-refractivity contribution in [3.8, 4) is 23.0 Å². The Kier molecular flexibility index (Phi) is 5.03. The van der Waals surface area contributed by atoms with Crippen molar-refractivity contribution >= 4 is 17.8 Å². The molecule has 0 saturated carbocycles. The summed E-state index contributed by atoms with van der Waals surface area (Å²) in [5, 5.41) is 0. The fraction of sp³-hybridized carbons (Fsp3) is 0.200. The van der Waals surface area contributed by atoms with Gasteiger partial charge in [-0.3, -0.25) is 4.79 Å². The van der Waals surface area contributed by atoms with Gasteiger partial charge in [0.1, 0.15) is 5.75 Å². The zero-order valence-corrected chi connectivity index (χ0v) is 15.3. The van der Waals surface area contributed by atoms with Crippen LogP contribution in [0.5, 0.6) is 23.0 Å². The number of carbonyl (C=O) groups excluding carboxylic acids is 2. The normalized spacial score (nSPS) is 13.8. The first kappa shape index (κ1) is 18.3. The molecule has 0 N–H and O–H groups in total. The summed E-state index contributed by atoms with van der Waals surface area (Å²) in [4.78, 5) is 24.4. The SMILES string of the molecule is COC(=O)c1ccc2c(c1)C(=O)C(=Cc1ccc(OC)c(OC)c1OC)O2. The minimum atomic E-state index is -0.524. The Bertz CT molecular complexity index is 944. The molecule has 1 heterocycles. The van der Waals surface area contributed by atoms with E-state index in [9.17, 15) is 9.59 Å². The van der Waals surface area contributed by atoms with Crippen LogP contribution in [0.4, 0.5) is 0 Å². The maximum absolute atomic E-state index is 12.7. The number of ketones is 1. The van der Waals surface area contributed by atoms with Crippen LogP contribution in [0.2, 0.25) is 0 Å². The second kappa shape index (κ2) is 7.41. The van der Waals surface area contributed by atoms with E-state index < -0.39 is 5.97 Å². The summed E-state index contributed by atoms with van der Waals surface area (Å²) in [6.07, 6.45) is 1.56. The first-order valence-electron chi connectivity index (χ1n) is 7.99. The lowest BCUT2D eigenvalue weighted by molar-refractivity contribution is 0.0600. The van der Waals surface area contributed by atoms with Crippen LogP contribution >= 0.6 is 0 Å². The average molecular weight is 370 g/mol. The van der Waals surface area contributed by atoms with E-state index in [1.54, 1.807) is 24.3 Å². The van der Waals surface area contributed by atoms with Gasteiger partial charge in [-0.25, -0.2) is 4.79 Å². The topological polar surface area (TPSA) is 80.3 Å². The number of hydrogen-bond donors (Lipinski definition) is 0. The van der Waals surface area contributed by atoms with Gasteiger partial charge in [-0.05, 0) is 36.4 Å². The lowest BCUT2D eigenvalue weighted by Gasteiger charge is -2.14. The van der Waals surface area contributed by atoms with Gasteiger partial charge in [-0.2, -0.15) is 0 Å². The van der Waals surface area contributed by atoms with Crippen LogP contribution < -0.4 is 18.9 Å². The fourth-order valence-corrected chi connectivity index (χ4v) is 2.81. The molecule has 0 aromatic heterocycles. The van der Waals surface area contributed by atoms with Crippen molar-refractivity contribution in [2.24, 2.45) is 0 Å². The van der Waals surface area contributed by atoms with Crippen molar-refractivity contribution in [2.75, 3.05) is 28.4 Å². The number of allylic oxidation sites excluding steroid dienone is 1. The van der Waals surface area contributed by atoms with E-state index >= 15 is 0 Å². The molecular formula is C20H18O7. The number of fused-ring (bicyclic) bond motifs is 1. The lowest BCUT2D eigenvalue weighted by atomic mass is 10.1. The van der Waals surface area contributed by atoms with Gasteiger partial charge < -0.3 is 23.7 Å². The molecule has 1 aliphatic heterocycles. The summed E-state index contributed by atoms with van der Waals surface area (Å²) in [7, 11) is 5.80. The molecule has 2 aromatic rings. The summed E-state index contributed by atoms with van der Waals surface area (Å²) in [6.45, 7) is 0. The molecule has 0 saturated heterocycles. The molecule has 140 valence electrons. The van der Waals surface area contributed by atoms with Gasteiger partial charge in [-0.15, -0.1) is 0 Å². The standard InChI is InChI=1S/C20H18O7/c1-23-15-8-5-11(18(24-2)19(15)25-3)10-16-17(21)13-9-12(20(22)26-4)6-7-14(13)27-16/h5-10H,1-4H3. The van der Waals surface area contributed by atoms with Crippen LogP contribution in [0.1, 0.15) is 26.3 Å². The van der Waals surface area contributed by atoms with Crippen molar-refractivity contribution in [2.45, 2.75) is 0 Å². The molecule has 0 atom stereocenters. The predicted molar refractivity (Wildman–Crippen MR) is 96.8 cm³/mol. The predicted octanol–water partition coefficient (Wildman–Crippen LogP) is 3.12. The summed E-state index contributed by atoms with van der Waals surface area (Å²) in [5.74, 6) is 0.937. The second-order valence-corrected chi connectivity index (χ2v) is 5.57. The number of rotatable bonds is 5. The van der Waals surface area contributed by atoms with Gasteiger partial charge in [0, 0.05) is 5.56 Å². The monoisotopic (exact) mass is 370 g/mol. The van der Waals surface area contributed by atoms with Crippen LogP contribution in [0.3, 0.4) is 0 Å². The van der Waals surface area contributed by atoms with E-state index in [4.69, 9.17) is 18.9 Å². The quantitative estimate of drug-likeness (QED) is 0.591. The number of methoxy groups -OCH3 is 4. The zero-order chi connectivity index (χ0) is 19.6. The van der Waals surface area contributed by atoms with Crippen LogP contribution in [0.15, 0.2) is 36.1 Å². The van der Waals surface area contributed by atoms with Crippen molar-refractivity contribution < 1.29 is 33.3 Å². The van der Waals surface area contributed by atoms with Crippen LogP contribution in [0.25, 0.3) is 6.08 Å². The van der Waals surface area contributed by atoms with E-state index in [-0.39, 0.29) is 17.1 Å². The lowest BCUT2D eigenvalue weighted by Crippen LogP contribution is -2.03. The molecular weight excluding hydrogens is 352 g/mol. The smallest absolute Gasteiger partial charge is 0.337 e. The van der Waals surface area contributed by atoms with Gasteiger partial charge in [0.05, 0.1) is 39.6 Å². The first-order chi connectivity index (χ1) is 13.0. The minimum Gasteiger partial charge on any atom is -0.493 e. The average Bonchev–Trinajstić information content (AvgIpc) is 3.01. The molecule has 0 unspecified atom stereocenters. The minimum absolute atomic E-state index is 0.109. The Balaban J connectivity index is 2.02. The molecule has 7 heteroatoms. The van der Waals surface area contributed by atoms with E-state index in [1.165, 1.54) is 40.6 Å². The number of benzene rings is 2. The molecule has 0 fully saturated rings. The van der Waals surface area contributed by atoms with E-state index in [2.05, 4.69) is 4.74 Å². The summed E-state index contributed by atoms with van der Waals surface area (Å²) in [6, 6.07) is 7.99. The van der Waals surface area contributed by atoms with E-state index in [0.29, 0.717) is 34.1 Å². The number of esters is 1. The van der Waals surface area contributed by atoms with Gasteiger partial charge in [0.15, 0.2) is 17.3 Å². The molecule has 3 rings (SSSR count). The Labute approximate surface area is 156 Å². The largest absolute Gasteiger partial charge is 0.493 e. The Hall–Kier alpha value is -3.48. The summed E-state index contributed by atoms with van der Waals surface area (Å²) in [5.41, 5.74) is 1.15. The molecule has 0 radical (unpaired) electrons. The van der Waals surface area contributed by atoms with Crippen LogP contribution in [-0.2, 0) is 4.74 Å². The third-order valence-electron chi connectivity index (χ3n) is 4.11. The van der Waals surface area contributed by atoms with Crippen molar-refractivity contribution in [1.29, 1.82) is 0 Å². The molecule has 7 nitrogen and oxygen atoms in total. The number of carbonyl (C=O) groups is 2. The Morgan fingerprint density at radius 1 is 0.963 bits per heavy atom. The molecule has 27 heavy (non-hydrogen) atoms. The van der Waals surface area contributed by atoms with E-state index in [0.717, 1.165) is 0 Å². The third-order valence-corrected chi connectivity index (χ3v) is 4.11. The molecule has 0 spiro atoms. The van der Waals surface area contributed by atoms with Crippen molar-refractivity contribution in [1.82, 2.24) is 0 Å². The first-order valence-corrected chi connectivity index (χ1v) is 7.99. The van der Waals surface area contributed by atoms with E-state index in [1.807, 2.05) is 0 Å². The highest BCUT2D eigenvalue weighted by molar-refractivity contribution is 6.15. The maximum Gasteiger partial charge on any atom is 0.337 e. The van der Waals surface area contributed by atoms with Gasteiger partial charge >= 0.3 is 5.97 Å². The van der Waals surface area contributed by atoms with Crippen molar-refractivity contribution in [3.63, 3.8) is 0 Å². The number of Topliss-reactive ketones (excluding diaryl/α,β-unsaturated/α-hetero) is 1. The molecule has 1 aliphatic rings. The van der Waals surface area contributed by atoms with Gasteiger partial charge in [0.25, 0.3) is 0 Å². The highest BCUT2D eigenvalue weighted by Crippen LogP contribution is 2.41. The molecule has 2 aromatic carbocycles.